The van der Waals surface area contributed by atoms with Gasteiger partial charge in [-0.1, -0.05) is 35.3 Å². The van der Waals surface area contributed by atoms with Crippen LogP contribution in [-0.2, 0) is 4.79 Å². The van der Waals surface area contributed by atoms with Crippen molar-refractivity contribution in [1.82, 2.24) is 10.6 Å². The predicted octanol–water partition coefficient (Wildman–Crippen LogP) is 5.48. The van der Waals surface area contributed by atoms with Gasteiger partial charge in [-0.3, -0.25) is 0 Å². The van der Waals surface area contributed by atoms with Crippen LogP contribution in [0.4, 0.5) is 4.79 Å². The van der Waals surface area contributed by atoms with E-state index < -0.39 is 17.7 Å². The number of likely N-dealkylation sites (tertiary alicyclic amines) is 1. The Labute approximate surface area is 252 Å². The minimum Gasteiger partial charge on any atom is -0.435 e. The highest BCUT2D eigenvalue weighted by Gasteiger charge is 2.54. The molecule has 2 aliphatic rings. The van der Waals surface area contributed by atoms with E-state index in [4.69, 9.17) is 23.2 Å². The van der Waals surface area contributed by atoms with Crippen molar-refractivity contribution in [3.63, 3.8) is 0 Å². The monoisotopic (exact) mass is 604 g/mol. The standard InChI is InChI=1S/C31H41Cl2N4O4/c1-20-14-21(2)16-23(15-20)29(39)37(13-10-34-18-27(37)22-6-7-25(32)26(33)17-22)28(38)19-35-24-8-11-36(12-9-24,30(40)41)31(3,4)5/h6-7,14-17,24,27,34-35H,8-13,18-19H2,1-5H3/q+1/p+1. The van der Waals surface area contributed by atoms with Gasteiger partial charge in [0.2, 0.25) is 0 Å². The molecule has 0 bridgehead atoms. The normalized spacial score (nSPS) is 26.9. The number of nitrogens with zero attached hydrogens (tertiary/aromatic N) is 2. The summed E-state index contributed by atoms with van der Waals surface area (Å²) < 4.78 is -0.375. The summed E-state index contributed by atoms with van der Waals surface area (Å²) in [6.07, 6.45) is 0.431. The molecule has 8 nitrogen and oxygen atoms in total. The van der Waals surface area contributed by atoms with Crippen LogP contribution in [0.1, 0.15) is 66.7 Å². The molecular weight excluding hydrogens is 563 g/mol. The number of carboxylic acid groups (broad SMARTS) is 1. The van der Waals surface area contributed by atoms with Crippen molar-refractivity contribution in [2.45, 2.75) is 65.1 Å². The number of carbonyl (C=O) groups excluding carboxylic acids is 2. The maximum Gasteiger partial charge on any atom is 0.513 e. The fourth-order valence-corrected chi connectivity index (χ4v) is 6.92. The zero-order valence-electron chi connectivity index (χ0n) is 24.6. The van der Waals surface area contributed by atoms with Gasteiger partial charge in [0.1, 0.15) is 24.7 Å². The molecule has 4 rings (SSSR count). The zero-order chi connectivity index (χ0) is 30.2. The second-order valence-electron chi connectivity index (χ2n) is 12.6. The molecule has 2 unspecified atom stereocenters. The molecule has 2 aliphatic heterocycles. The van der Waals surface area contributed by atoms with Crippen LogP contribution in [0.2, 0.25) is 10.0 Å². The fraction of sp³-hybridized carbons (Fsp3) is 0.516. The molecule has 3 amide bonds. The van der Waals surface area contributed by atoms with Crippen LogP contribution in [0.3, 0.4) is 0 Å². The first-order chi connectivity index (χ1) is 19.2. The van der Waals surface area contributed by atoms with Gasteiger partial charge >= 0.3 is 17.9 Å². The van der Waals surface area contributed by atoms with E-state index in [0.717, 1.165) is 16.7 Å². The highest BCUT2D eigenvalue weighted by Crippen LogP contribution is 2.37. The third-order valence-corrected chi connectivity index (χ3v) is 9.77. The summed E-state index contributed by atoms with van der Waals surface area (Å²) in [5.41, 5.74) is 2.76. The lowest BCUT2D eigenvalue weighted by atomic mass is 9.93. The molecule has 0 spiro atoms. The third kappa shape index (κ3) is 6.10. The molecule has 2 aromatic carbocycles. The third-order valence-electron chi connectivity index (χ3n) is 9.03. The fourth-order valence-electron chi connectivity index (χ4n) is 6.62. The summed E-state index contributed by atoms with van der Waals surface area (Å²) in [4.78, 5) is 41.1. The minimum atomic E-state index is -0.819. The lowest BCUT2D eigenvalue weighted by Gasteiger charge is -2.47. The Balaban J connectivity index is 1.65. The van der Waals surface area contributed by atoms with Crippen LogP contribution in [0.15, 0.2) is 36.4 Å². The van der Waals surface area contributed by atoms with Crippen molar-refractivity contribution in [2.24, 2.45) is 0 Å². The second-order valence-corrected chi connectivity index (χ2v) is 13.4. The molecular formula is C31H42Cl2N4O4+2. The van der Waals surface area contributed by atoms with Crippen molar-refractivity contribution in [1.29, 1.82) is 0 Å². The van der Waals surface area contributed by atoms with Gasteiger partial charge in [-0.05, 0) is 70.0 Å². The molecule has 2 saturated heterocycles. The van der Waals surface area contributed by atoms with Crippen molar-refractivity contribution in [3.8, 4) is 0 Å². The number of halogens is 2. The smallest absolute Gasteiger partial charge is 0.435 e. The second kappa shape index (κ2) is 12.1. The molecule has 2 atom stereocenters. The summed E-state index contributed by atoms with van der Waals surface area (Å²) >= 11 is 12.6. The van der Waals surface area contributed by atoms with Crippen LogP contribution >= 0.6 is 23.2 Å². The van der Waals surface area contributed by atoms with Gasteiger partial charge < -0.3 is 15.7 Å². The number of rotatable bonds is 5. The largest absolute Gasteiger partial charge is 0.513 e. The van der Waals surface area contributed by atoms with Gasteiger partial charge in [-0.15, -0.1) is 0 Å². The predicted molar refractivity (Wildman–Crippen MR) is 161 cm³/mol. The van der Waals surface area contributed by atoms with E-state index in [1.54, 1.807) is 12.1 Å². The van der Waals surface area contributed by atoms with E-state index in [1.807, 2.05) is 58.9 Å². The topological polar surface area (TPSA) is 95.5 Å². The summed E-state index contributed by atoms with van der Waals surface area (Å²) in [5.74, 6) is -0.453. The molecule has 3 N–H and O–H groups in total. The summed E-state index contributed by atoms with van der Waals surface area (Å²) in [7, 11) is 0. The number of quaternary nitrogens is 2. The molecule has 10 heteroatoms. The van der Waals surface area contributed by atoms with E-state index in [0.29, 0.717) is 61.2 Å². The Bertz CT molecular complexity index is 1310. The lowest BCUT2D eigenvalue weighted by molar-refractivity contribution is -0.908. The van der Waals surface area contributed by atoms with E-state index >= 15 is 0 Å². The molecule has 0 aromatic heterocycles. The Morgan fingerprint density at radius 1 is 0.976 bits per heavy atom. The molecule has 0 radical (unpaired) electrons. The van der Waals surface area contributed by atoms with Crippen LogP contribution in [0.5, 0.6) is 0 Å². The quantitative estimate of drug-likeness (QED) is 0.391. The maximum absolute atomic E-state index is 14.5. The number of benzene rings is 2. The summed E-state index contributed by atoms with van der Waals surface area (Å²) in [6, 6.07) is 10.5. The van der Waals surface area contributed by atoms with E-state index in [9.17, 15) is 19.5 Å². The van der Waals surface area contributed by atoms with Gasteiger partial charge in [-0.25, -0.2) is 14.1 Å². The number of hydrogen-bond acceptors (Lipinski definition) is 5. The molecule has 41 heavy (non-hydrogen) atoms. The Morgan fingerprint density at radius 2 is 1.61 bits per heavy atom. The molecule has 2 fully saturated rings. The first-order valence-corrected chi connectivity index (χ1v) is 15.0. The van der Waals surface area contributed by atoms with Gasteiger partial charge in [0, 0.05) is 31.0 Å². The zero-order valence-corrected chi connectivity index (χ0v) is 26.1. The highest BCUT2D eigenvalue weighted by atomic mass is 35.5. The maximum atomic E-state index is 14.5. The van der Waals surface area contributed by atoms with Crippen LogP contribution in [0, 0.1) is 13.8 Å². The highest BCUT2D eigenvalue weighted by molar-refractivity contribution is 6.42. The number of hydrogen-bond donors (Lipinski definition) is 3. The number of carbonyl (C=O) groups is 3. The molecule has 222 valence electrons. The number of imide groups is 1. The number of piperidine rings is 1. The van der Waals surface area contributed by atoms with Crippen molar-refractivity contribution in [3.05, 3.63) is 68.7 Å². The van der Waals surface area contributed by atoms with E-state index in [1.165, 1.54) is 0 Å². The van der Waals surface area contributed by atoms with Gasteiger partial charge in [0.15, 0.2) is 0 Å². The number of nitrogens with one attached hydrogen (secondary N) is 2. The van der Waals surface area contributed by atoms with Crippen LogP contribution in [0.25, 0.3) is 0 Å². The summed E-state index contributed by atoms with van der Waals surface area (Å²) in [5, 5.41) is 17.6. The number of aryl methyl sites for hydroxylation is 2. The first kappa shape index (κ1) is 31.6. The Morgan fingerprint density at radius 3 is 2.17 bits per heavy atom. The van der Waals surface area contributed by atoms with E-state index in [2.05, 4.69) is 10.6 Å². The van der Waals surface area contributed by atoms with Gasteiger partial charge in [-0.2, -0.15) is 9.28 Å². The Hall–Kier alpha value is -2.33. The molecule has 0 saturated carbocycles. The first-order valence-electron chi connectivity index (χ1n) is 14.3. The average molecular weight is 606 g/mol. The van der Waals surface area contributed by atoms with Crippen LogP contribution in [-0.4, -0.2) is 82.8 Å². The van der Waals surface area contributed by atoms with Gasteiger partial charge in [0.25, 0.3) is 0 Å². The summed E-state index contributed by atoms with van der Waals surface area (Å²) in [6.45, 7) is 11.9. The van der Waals surface area contributed by atoms with Gasteiger partial charge in [0.05, 0.1) is 35.2 Å². The molecule has 2 heterocycles. The molecule has 0 aliphatic carbocycles. The van der Waals surface area contributed by atoms with Crippen molar-refractivity contribution in [2.75, 3.05) is 39.3 Å². The number of piperazine rings is 1. The molecule has 2 aromatic rings. The SMILES string of the molecule is Cc1cc(C)cc(C(=O)[N+]2(C(=O)CNC3CC[N+](C(=O)O)(C(C)(C)C)CC3)CCNCC2c2ccc(Cl)c(Cl)c2)c1. The van der Waals surface area contributed by atoms with Crippen LogP contribution < -0.4 is 10.6 Å². The average Bonchev–Trinajstić information content (AvgIpc) is 2.91. The minimum absolute atomic E-state index is 0.00160. The van der Waals surface area contributed by atoms with E-state index in [-0.39, 0.29) is 33.4 Å². The number of amides is 3. The Kier molecular flexibility index (Phi) is 9.34. The van der Waals surface area contributed by atoms with Crippen molar-refractivity contribution >= 4 is 41.1 Å². The van der Waals surface area contributed by atoms with Crippen molar-refractivity contribution < 1.29 is 28.5 Å². The lowest BCUT2D eigenvalue weighted by Crippen LogP contribution is -2.69.